The standard InChI is InChI=1S/C8H16O7/c1-2-15-8(14)7(13)6(12)5(11)4(10)3-9/h4-7,9-13H,2-3H2,1H3/t4-,5+,6+,7+/m1/s1. The van der Waals surface area contributed by atoms with E-state index in [1.165, 1.54) is 6.92 Å². The van der Waals surface area contributed by atoms with Crippen LogP contribution in [0.15, 0.2) is 0 Å². The Hall–Kier alpha value is -0.730. The smallest absolute Gasteiger partial charge is 0.337 e. The van der Waals surface area contributed by atoms with Gasteiger partial charge in [-0.1, -0.05) is 0 Å². The van der Waals surface area contributed by atoms with Gasteiger partial charge in [-0.2, -0.15) is 0 Å². The number of carbonyl (C=O) groups is 1. The summed E-state index contributed by atoms with van der Waals surface area (Å²) in [4.78, 5) is 10.9. The maximum absolute atomic E-state index is 10.9. The lowest BCUT2D eigenvalue weighted by molar-refractivity contribution is -0.169. The second kappa shape index (κ2) is 6.70. The largest absolute Gasteiger partial charge is 0.464 e. The Morgan fingerprint density at radius 1 is 1.20 bits per heavy atom. The first-order valence-electron chi connectivity index (χ1n) is 4.45. The van der Waals surface area contributed by atoms with Crippen LogP contribution in [0.3, 0.4) is 0 Å². The molecule has 0 saturated heterocycles. The molecule has 0 saturated carbocycles. The molecular formula is C8H16O7. The summed E-state index contributed by atoms with van der Waals surface area (Å²) in [7, 11) is 0. The van der Waals surface area contributed by atoms with Crippen LogP contribution in [0.25, 0.3) is 0 Å². The summed E-state index contributed by atoms with van der Waals surface area (Å²) in [6.45, 7) is 0.727. The van der Waals surface area contributed by atoms with Gasteiger partial charge in [-0.25, -0.2) is 4.79 Å². The molecule has 0 rings (SSSR count). The Labute approximate surface area is 86.5 Å². The molecule has 0 aromatic heterocycles. The van der Waals surface area contributed by atoms with Crippen LogP contribution in [0.2, 0.25) is 0 Å². The van der Waals surface area contributed by atoms with Crippen molar-refractivity contribution >= 4 is 5.97 Å². The first-order valence-corrected chi connectivity index (χ1v) is 4.45. The number of hydrogen-bond donors (Lipinski definition) is 5. The maximum atomic E-state index is 10.9. The summed E-state index contributed by atoms with van der Waals surface area (Å²) in [5.74, 6) is -1.10. The van der Waals surface area contributed by atoms with E-state index in [4.69, 9.17) is 20.4 Å². The Balaban J connectivity index is 4.29. The fourth-order valence-electron chi connectivity index (χ4n) is 0.889. The van der Waals surface area contributed by atoms with Gasteiger partial charge in [0.1, 0.15) is 18.3 Å². The van der Waals surface area contributed by atoms with Gasteiger partial charge in [0, 0.05) is 0 Å². The molecule has 0 fully saturated rings. The van der Waals surface area contributed by atoms with Crippen molar-refractivity contribution in [1.29, 1.82) is 0 Å². The van der Waals surface area contributed by atoms with Crippen molar-refractivity contribution in [3.05, 3.63) is 0 Å². The van der Waals surface area contributed by atoms with Crippen molar-refractivity contribution < 1.29 is 35.1 Å². The number of aliphatic hydroxyl groups is 5. The molecule has 0 aliphatic carbocycles. The molecule has 7 nitrogen and oxygen atoms in total. The van der Waals surface area contributed by atoms with E-state index in [0.717, 1.165) is 0 Å². The fraction of sp³-hybridized carbons (Fsp3) is 0.875. The molecule has 0 heterocycles. The van der Waals surface area contributed by atoms with Crippen LogP contribution in [-0.2, 0) is 9.53 Å². The van der Waals surface area contributed by atoms with Crippen LogP contribution in [-0.4, -0.2) is 69.1 Å². The topological polar surface area (TPSA) is 127 Å². The minimum absolute atomic E-state index is 0.0151. The van der Waals surface area contributed by atoms with Crippen LogP contribution in [0.4, 0.5) is 0 Å². The van der Waals surface area contributed by atoms with E-state index in [-0.39, 0.29) is 6.61 Å². The molecule has 4 atom stereocenters. The molecule has 0 bridgehead atoms. The predicted octanol–water partition coefficient (Wildman–Crippen LogP) is -3.01. The number of ether oxygens (including phenoxy) is 1. The lowest BCUT2D eigenvalue weighted by Gasteiger charge is -2.24. The van der Waals surface area contributed by atoms with Gasteiger partial charge in [0.05, 0.1) is 13.2 Å². The van der Waals surface area contributed by atoms with E-state index in [1.807, 2.05) is 0 Å². The second-order valence-electron chi connectivity index (χ2n) is 2.93. The van der Waals surface area contributed by atoms with E-state index in [0.29, 0.717) is 0 Å². The van der Waals surface area contributed by atoms with Gasteiger partial charge in [-0.05, 0) is 6.92 Å². The minimum Gasteiger partial charge on any atom is -0.464 e. The lowest BCUT2D eigenvalue weighted by Crippen LogP contribution is -2.49. The molecule has 0 aliphatic heterocycles. The van der Waals surface area contributed by atoms with Gasteiger partial charge in [0.2, 0.25) is 0 Å². The highest BCUT2D eigenvalue weighted by molar-refractivity contribution is 5.75. The van der Waals surface area contributed by atoms with Gasteiger partial charge in [-0.3, -0.25) is 0 Å². The molecule has 0 amide bonds. The Bertz CT molecular complexity index is 195. The van der Waals surface area contributed by atoms with Crippen molar-refractivity contribution in [3.63, 3.8) is 0 Å². The van der Waals surface area contributed by atoms with Crippen molar-refractivity contribution in [2.75, 3.05) is 13.2 Å². The van der Waals surface area contributed by atoms with Gasteiger partial charge < -0.3 is 30.3 Å². The maximum Gasteiger partial charge on any atom is 0.337 e. The Kier molecular flexibility index (Phi) is 6.37. The molecular weight excluding hydrogens is 208 g/mol. The summed E-state index contributed by atoms with van der Waals surface area (Å²) < 4.78 is 4.38. The van der Waals surface area contributed by atoms with E-state index < -0.39 is 37.0 Å². The SMILES string of the molecule is CCOC(=O)[C@@H](O)[C@@H](O)[C@@H](O)[C@H](O)CO. The summed E-state index contributed by atoms with van der Waals surface area (Å²) in [6.07, 6.45) is -7.33. The van der Waals surface area contributed by atoms with Gasteiger partial charge in [-0.15, -0.1) is 0 Å². The highest BCUT2D eigenvalue weighted by atomic mass is 16.5. The molecule has 0 aliphatic rings. The fourth-order valence-corrected chi connectivity index (χ4v) is 0.889. The molecule has 90 valence electrons. The van der Waals surface area contributed by atoms with Crippen molar-refractivity contribution in [3.8, 4) is 0 Å². The summed E-state index contributed by atoms with van der Waals surface area (Å²) in [5.41, 5.74) is 0. The lowest BCUT2D eigenvalue weighted by atomic mass is 10.0. The van der Waals surface area contributed by atoms with Gasteiger partial charge in [0.15, 0.2) is 6.10 Å². The highest BCUT2D eigenvalue weighted by Crippen LogP contribution is 2.06. The molecule has 0 aromatic rings. The molecule has 0 aromatic carbocycles. The zero-order valence-corrected chi connectivity index (χ0v) is 8.28. The van der Waals surface area contributed by atoms with E-state index in [2.05, 4.69) is 4.74 Å². The number of carbonyl (C=O) groups excluding carboxylic acids is 1. The molecule has 15 heavy (non-hydrogen) atoms. The second-order valence-corrected chi connectivity index (χ2v) is 2.93. The summed E-state index contributed by atoms with van der Waals surface area (Å²) >= 11 is 0. The van der Waals surface area contributed by atoms with Crippen LogP contribution in [0.5, 0.6) is 0 Å². The van der Waals surface area contributed by atoms with Crippen molar-refractivity contribution in [2.45, 2.75) is 31.3 Å². The van der Waals surface area contributed by atoms with Crippen LogP contribution in [0.1, 0.15) is 6.92 Å². The molecule has 7 heteroatoms. The molecule has 5 N–H and O–H groups in total. The zero-order valence-electron chi connectivity index (χ0n) is 8.28. The monoisotopic (exact) mass is 224 g/mol. The first kappa shape index (κ1) is 14.3. The first-order chi connectivity index (χ1) is 6.95. The summed E-state index contributed by atoms with van der Waals surface area (Å²) in [6, 6.07) is 0. The average Bonchev–Trinajstić information content (AvgIpc) is 2.25. The van der Waals surface area contributed by atoms with Crippen molar-refractivity contribution in [1.82, 2.24) is 0 Å². The third-order valence-electron chi connectivity index (χ3n) is 1.78. The number of rotatable bonds is 6. The van der Waals surface area contributed by atoms with Crippen molar-refractivity contribution in [2.24, 2.45) is 0 Å². The zero-order chi connectivity index (χ0) is 12.0. The van der Waals surface area contributed by atoms with E-state index in [1.54, 1.807) is 0 Å². The third kappa shape index (κ3) is 4.10. The normalized spacial score (nSPS) is 19.1. The molecule has 0 unspecified atom stereocenters. The Morgan fingerprint density at radius 2 is 1.73 bits per heavy atom. The van der Waals surface area contributed by atoms with Crippen LogP contribution >= 0.6 is 0 Å². The number of aliphatic hydroxyl groups excluding tert-OH is 5. The number of hydrogen-bond acceptors (Lipinski definition) is 7. The predicted molar refractivity (Wildman–Crippen MR) is 47.7 cm³/mol. The van der Waals surface area contributed by atoms with Gasteiger partial charge in [0.25, 0.3) is 0 Å². The number of esters is 1. The van der Waals surface area contributed by atoms with E-state index >= 15 is 0 Å². The molecule has 0 spiro atoms. The third-order valence-corrected chi connectivity index (χ3v) is 1.78. The Morgan fingerprint density at radius 3 is 2.13 bits per heavy atom. The van der Waals surface area contributed by atoms with E-state index in [9.17, 15) is 9.90 Å². The summed E-state index contributed by atoms with van der Waals surface area (Å²) in [5, 5.41) is 44.9. The molecule has 0 radical (unpaired) electrons. The van der Waals surface area contributed by atoms with Crippen LogP contribution in [0, 0.1) is 0 Å². The van der Waals surface area contributed by atoms with Crippen LogP contribution < -0.4 is 0 Å². The van der Waals surface area contributed by atoms with Gasteiger partial charge >= 0.3 is 5.97 Å². The quantitative estimate of drug-likeness (QED) is 0.304. The average molecular weight is 224 g/mol. The minimum atomic E-state index is -1.96. The highest BCUT2D eigenvalue weighted by Gasteiger charge is 2.34.